The van der Waals surface area contributed by atoms with Crippen LogP contribution in [0.1, 0.15) is 15.4 Å². The molecular formula is C16H10BrN3O2S3. The van der Waals surface area contributed by atoms with Crippen LogP contribution < -0.4 is 5.32 Å². The number of thioether (sulfide) groups is 1. The Bertz CT molecular complexity index is 1030. The van der Waals surface area contributed by atoms with E-state index in [1.54, 1.807) is 29.2 Å². The number of hydrogen-bond acceptors (Lipinski definition) is 7. The third kappa shape index (κ3) is 3.79. The quantitative estimate of drug-likeness (QED) is 0.313. The van der Waals surface area contributed by atoms with Gasteiger partial charge in [-0.05, 0) is 39.5 Å². The molecule has 1 amide bonds. The minimum absolute atomic E-state index is 0.241. The maximum atomic E-state index is 12.4. The Labute approximate surface area is 163 Å². The van der Waals surface area contributed by atoms with Gasteiger partial charge in [-0.1, -0.05) is 41.3 Å². The molecule has 0 saturated carbocycles. The highest BCUT2D eigenvalue weighted by Gasteiger charge is 2.16. The summed E-state index contributed by atoms with van der Waals surface area (Å²) in [5, 5.41) is 14.2. The van der Waals surface area contributed by atoms with Crippen molar-refractivity contribution in [3.05, 3.63) is 56.9 Å². The van der Waals surface area contributed by atoms with Crippen LogP contribution in [0.5, 0.6) is 0 Å². The summed E-state index contributed by atoms with van der Waals surface area (Å²) in [5.74, 6) is 0.747. The lowest BCUT2D eigenvalue weighted by Crippen LogP contribution is -2.10. The summed E-state index contributed by atoms with van der Waals surface area (Å²) in [6, 6.07) is 11.5. The summed E-state index contributed by atoms with van der Waals surface area (Å²) >= 11 is 8.08. The molecule has 25 heavy (non-hydrogen) atoms. The van der Waals surface area contributed by atoms with Gasteiger partial charge in [0.15, 0.2) is 10.1 Å². The molecule has 0 atom stereocenters. The van der Waals surface area contributed by atoms with E-state index in [0.29, 0.717) is 10.7 Å². The number of hydrogen-bond donors (Lipinski definition) is 1. The van der Waals surface area contributed by atoms with Crippen molar-refractivity contribution >= 4 is 72.4 Å². The van der Waals surface area contributed by atoms with Crippen molar-refractivity contribution in [2.45, 2.75) is 10.1 Å². The number of carbonyl (C=O) groups excluding carboxylic acids is 1. The second kappa shape index (κ2) is 7.28. The first-order valence-electron chi connectivity index (χ1n) is 7.17. The molecule has 4 aromatic rings. The summed E-state index contributed by atoms with van der Waals surface area (Å²) in [7, 11) is 0. The molecule has 3 heterocycles. The number of amides is 1. The van der Waals surface area contributed by atoms with Gasteiger partial charge in [-0.15, -0.1) is 21.5 Å². The largest absolute Gasteiger partial charge is 0.450 e. The number of aromatic nitrogens is 2. The van der Waals surface area contributed by atoms with Crippen LogP contribution in [-0.2, 0) is 5.75 Å². The van der Waals surface area contributed by atoms with Crippen LogP contribution in [0.25, 0.3) is 11.0 Å². The smallest absolute Gasteiger partial charge is 0.293 e. The van der Waals surface area contributed by atoms with Gasteiger partial charge in [0.1, 0.15) is 5.58 Å². The third-order valence-corrected chi connectivity index (χ3v) is 6.97. The van der Waals surface area contributed by atoms with E-state index in [0.717, 1.165) is 20.0 Å². The fourth-order valence-corrected chi connectivity index (χ4v) is 5.13. The van der Waals surface area contributed by atoms with Gasteiger partial charge >= 0.3 is 0 Å². The number of carbonyl (C=O) groups is 1. The Morgan fingerprint density at radius 3 is 3.00 bits per heavy atom. The molecule has 0 radical (unpaired) electrons. The lowest BCUT2D eigenvalue weighted by atomic mass is 10.2. The normalized spacial score (nSPS) is 11.1. The summed E-state index contributed by atoms with van der Waals surface area (Å²) in [6.45, 7) is 0. The molecule has 9 heteroatoms. The number of nitrogens with one attached hydrogen (secondary N) is 1. The average molecular weight is 452 g/mol. The molecule has 0 unspecified atom stereocenters. The van der Waals surface area contributed by atoms with Crippen molar-refractivity contribution < 1.29 is 9.21 Å². The number of furan rings is 1. The molecule has 0 spiro atoms. The first-order chi connectivity index (χ1) is 12.2. The SMILES string of the molecule is O=C(Nc1nnc(SCc2cccs2)s1)c1cc2cccc(Br)c2o1. The maximum Gasteiger partial charge on any atom is 0.293 e. The highest BCUT2D eigenvalue weighted by Crippen LogP contribution is 2.31. The molecule has 5 nitrogen and oxygen atoms in total. The number of benzene rings is 1. The van der Waals surface area contributed by atoms with Crippen molar-refractivity contribution in [1.82, 2.24) is 10.2 Å². The van der Waals surface area contributed by atoms with E-state index in [1.165, 1.54) is 16.2 Å². The number of halogens is 1. The monoisotopic (exact) mass is 451 g/mol. The van der Waals surface area contributed by atoms with E-state index in [4.69, 9.17) is 4.42 Å². The summed E-state index contributed by atoms with van der Waals surface area (Å²) in [6.07, 6.45) is 0. The standard InChI is InChI=1S/C16H10BrN3O2S3/c17-11-5-1-3-9-7-12(22-13(9)11)14(21)18-15-19-20-16(25-15)24-8-10-4-2-6-23-10/h1-7H,8H2,(H,18,19,21). The van der Waals surface area contributed by atoms with Crippen LogP contribution in [0.15, 0.2) is 55.0 Å². The van der Waals surface area contributed by atoms with Crippen LogP contribution in [0.2, 0.25) is 0 Å². The van der Waals surface area contributed by atoms with Gasteiger partial charge in [-0.2, -0.15) is 0 Å². The second-order valence-electron chi connectivity index (χ2n) is 4.96. The van der Waals surface area contributed by atoms with Crippen molar-refractivity contribution in [1.29, 1.82) is 0 Å². The number of para-hydroxylation sites is 1. The number of thiophene rings is 1. The molecule has 0 aliphatic heterocycles. The third-order valence-electron chi connectivity index (χ3n) is 3.26. The summed E-state index contributed by atoms with van der Waals surface area (Å²) < 4.78 is 7.26. The van der Waals surface area contributed by atoms with Crippen LogP contribution in [-0.4, -0.2) is 16.1 Å². The van der Waals surface area contributed by atoms with E-state index >= 15 is 0 Å². The zero-order valence-corrected chi connectivity index (χ0v) is 16.6. The predicted octanol–water partition coefficient (Wildman–Crippen LogP) is 5.65. The van der Waals surface area contributed by atoms with Crippen LogP contribution in [0.3, 0.4) is 0 Å². The van der Waals surface area contributed by atoms with Crippen molar-refractivity contribution in [2.24, 2.45) is 0 Å². The zero-order chi connectivity index (χ0) is 17.2. The van der Waals surface area contributed by atoms with E-state index in [-0.39, 0.29) is 11.7 Å². The molecule has 1 aromatic carbocycles. The first-order valence-corrected chi connectivity index (χ1v) is 10.6. The van der Waals surface area contributed by atoms with Gasteiger partial charge in [0.25, 0.3) is 5.91 Å². The van der Waals surface area contributed by atoms with Crippen molar-refractivity contribution in [3.63, 3.8) is 0 Å². The maximum absolute atomic E-state index is 12.4. The Hall–Kier alpha value is -1.68. The number of anilines is 1. The Balaban J connectivity index is 1.44. The lowest BCUT2D eigenvalue weighted by molar-refractivity contribution is 0.0998. The van der Waals surface area contributed by atoms with Gasteiger partial charge in [-0.25, -0.2) is 0 Å². The topological polar surface area (TPSA) is 68.0 Å². The van der Waals surface area contributed by atoms with Gasteiger partial charge in [-0.3, -0.25) is 10.1 Å². The van der Waals surface area contributed by atoms with Gasteiger partial charge < -0.3 is 4.42 Å². The Morgan fingerprint density at radius 1 is 1.28 bits per heavy atom. The number of fused-ring (bicyclic) bond motifs is 1. The molecule has 4 rings (SSSR count). The van der Waals surface area contributed by atoms with Crippen LogP contribution in [0.4, 0.5) is 5.13 Å². The van der Waals surface area contributed by atoms with Crippen LogP contribution in [0, 0.1) is 0 Å². The van der Waals surface area contributed by atoms with Gasteiger partial charge in [0.05, 0.1) is 4.47 Å². The molecule has 0 aliphatic carbocycles. The summed E-state index contributed by atoms with van der Waals surface area (Å²) in [4.78, 5) is 13.6. The van der Waals surface area contributed by atoms with E-state index in [2.05, 4.69) is 37.5 Å². The second-order valence-corrected chi connectivity index (χ2v) is 9.05. The van der Waals surface area contributed by atoms with Gasteiger partial charge in [0.2, 0.25) is 5.13 Å². The Morgan fingerprint density at radius 2 is 2.20 bits per heavy atom. The molecule has 126 valence electrons. The molecule has 0 aliphatic rings. The molecule has 0 bridgehead atoms. The molecule has 3 aromatic heterocycles. The molecule has 0 fully saturated rings. The zero-order valence-electron chi connectivity index (χ0n) is 12.6. The van der Waals surface area contributed by atoms with Crippen molar-refractivity contribution in [2.75, 3.05) is 5.32 Å². The van der Waals surface area contributed by atoms with Gasteiger partial charge in [0, 0.05) is 16.0 Å². The summed E-state index contributed by atoms with van der Waals surface area (Å²) in [5.41, 5.74) is 0.650. The lowest BCUT2D eigenvalue weighted by Gasteiger charge is -1.96. The minimum Gasteiger partial charge on any atom is -0.450 e. The molecule has 0 saturated heterocycles. The van der Waals surface area contributed by atoms with Crippen LogP contribution >= 0.6 is 50.4 Å². The Kier molecular flexibility index (Phi) is 4.89. The fraction of sp³-hybridized carbons (Fsp3) is 0.0625. The number of rotatable bonds is 5. The highest BCUT2D eigenvalue weighted by atomic mass is 79.9. The fourth-order valence-electron chi connectivity index (χ4n) is 2.14. The van der Waals surface area contributed by atoms with E-state index < -0.39 is 0 Å². The number of nitrogens with zero attached hydrogens (tertiary/aromatic N) is 2. The average Bonchev–Trinajstić information content (AvgIpc) is 3.34. The first kappa shape index (κ1) is 16.8. The molecule has 1 N–H and O–H groups in total. The molecular weight excluding hydrogens is 442 g/mol. The van der Waals surface area contributed by atoms with Crippen molar-refractivity contribution in [3.8, 4) is 0 Å². The predicted molar refractivity (Wildman–Crippen MR) is 106 cm³/mol. The highest BCUT2D eigenvalue weighted by molar-refractivity contribution is 9.10. The van der Waals surface area contributed by atoms with E-state index in [1.807, 2.05) is 29.6 Å². The van der Waals surface area contributed by atoms with E-state index in [9.17, 15) is 4.79 Å². The minimum atomic E-state index is -0.339.